The lowest BCUT2D eigenvalue weighted by Crippen LogP contribution is -2.47. The molecule has 0 aliphatic heterocycles. The Labute approximate surface area is 174 Å². The number of carbonyl (C=O) groups is 2. The summed E-state index contributed by atoms with van der Waals surface area (Å²) >= 11 is 13.6. The van der Waals surface area contributed by atoms with Crippen molar-refractivity contribution in [2.75, 3.05) is 12.8 Å². The van der Waals surface area contributed by atoms with Crippen LogP contribution in [0.1, 0.15) is 18.1 Å². The number of thioether (sulfide) groups is 1. The molecule has 2 amide bonds. The molecule has 0 aromatic heterocycles. The van der Waals surface area contributed by atoms with E-state index in [4.69, 9.17) is 23.2 Å². The molecule has 27 heavy (non-hydrogen) atoms. The second kappa shape index (κ2) is 10.6. The summed E-state index contributed by atoms with van der Waals surface area (Å²) in [6, 6.07) is 14.6. The van der Waals surface area contributed by atoms with Crippen LogP contribution in [-0.4, -0.2) is 35.6 Å². The number of hydrogen-bond donors (Lipinski definition) is 1. The van der Waals surface area contributed by atoms with Crippen LogP contribution in [0, 0.1) is 0 Å². The highest BCUT2D eigenvalue weighted by Crippen LogP contribution is 2.24. The predicted molar refractivity (Wildman–Crippen MR) is 113 cm³/mol. The van der Waals surface area contributed by atoms with E-state index in [2.05, 4.69) is 5.32 Å². The van der Waals surface area contributed by atoms with E-state index in [1.807, 2.05) is 36.4 Å². The van der Waals surface area contributed by atoms with Gasteiger partial charge in [0.15, 0.2) is 0 Å². The Balaban J connectivity index is 2.07. The van der Waals surface area contributed by atoms with Gasteiger partial charge in [-0.3, -0.25) is 9.59 Å². The van der Waals surface area contributed by atoms with Gasteiger partial charge in [0.1, 0.15) is 6.04 Å². The van der Waals surface area contributed by atoms with E-state index < -0.39 is 6.04 Å². The lowest BCUT2D eigenvalue weighted by atomic mass is 10.1. The molecule has 0 fully saturated rings. The van der Waals surface area contributed by atoms with Crippen LogP contribution in [0.15, 0.2) is 48.5 Å². The summed E-state index contributed by atoms with van der Waals surface area (Å²) in [6.07, 6.45) is 0. The fraction of sp³-hybridized carbons (Fsp3) is 0.300. The normalized spacial score (nSPS) is 11.7. The van der Waals surface area contributed by atoms with E-state index in [1.54, 1.807) is 31.0 Å². The third kappa shape index (κ3) is 6.45. The molecule has 0 unspecified atom stereocenters. The minimum absolute atomic E-state index is 0.0990. The van der Waals surface area contributed by atoms with Gasteiger partial charge in [-0.2, -0.15) is 0 Å². The molecule has 0 spiro atoms. The quantitative estimate of drug-likeness (QED) is 0.683. The summed E-state index contributed by atoms with van der Waals surface area (Å²) in [7, 11) is 1.56. The van der Waals surface area contributed by atoms with Crippen LogP contribution in [0.2, 0.25) is 10.0 Å². The van der Waals surface area contributed by atoms with Gasteiger partial charge < -0.3 is 10.2 Å². The molecule has 0 aliphatic carbocycles. The zero-order valence-electron chi connectivity index (χ0n) is 15.2. The smallest absolute Gasteiger partial charge is 0.242 e. The Kier molecular flexibility index (Phi) is 8.48. The molecule has 1 atom stereocenters. The number of nitrogens with one attached hydrogen (secondary N) is 1. The Morgan fingerprint density at radius 3 is 2.41 bits per heavy atom. The maximum atomic E-state index is 12.8. The second-order valence-corrected chi connectivity index (χ2v) is 7.84. The molecule has 2 aromatic carbocycles. The summed E-state index contributed by atoms with van der Waals surface area (Å²) < 4.78 is 0. The van der Waals surface area contributed by atoms with E-state index >= 15 is 0 Å². The van der Waals surface area contributed by atoms with Crippen LogP contribution in [-0.2, 0) is 21.9 Å². The van der Waals surface area contributed by atoms with Crippen LogP contribution in [0.3, 0.4) is 0 Å². The number of nitrogens with zero attached hydrogens (tertiary/aromatic N) is 1. The van der Waals surface area contributed by atoms with E-state index in [1.165, 1.54) is 11.8 Å². The lowest BCUT2D eigenvalue weighted by molar-refractivity contribution is -0.138. The van der Waals surface area contributed by atoms with Crippen molar-refractivity contribution in [2.24, 2.45) is 0 Å². The third-order valence-corrected chi connectivity index (χ3v) is 5.82. The van der Waals surface area contributed by atoms with Gasteiger partial charge in [0.2, 0.25) is 11.8 Å². The number of amides is 2. The molecule has 4 nitrogen and oxygen atoms in total. The first kappa shape index (κ1) is 21.6. The van der Waals surface area contributed by atoms with Crippen molar-refractivity contribution in [3.63, 3.8) is 0 Å². The third-order valence-electron chi connectivity index (χ3n) is 4.09. The first-order chi connectivity index (χ1) is 12.9. The molecule has 2 aromatic rings. The zero-order chi connectivity index (χ0) is 19.8. The highest BCUT2D eigenvalue weighted by atomic mass is 35.5. The summed E-state index contributed by atoms with van der Waals surface area (Å²) in [5, 5.41) is 3.48. The molecule has 0 radical (unpaired) electrons. The first-order valence-electron chi connectivity index (χ1n) is 8.49. The topological polar surface area (TPSA) is 49.4 Å². The average Bonchev–Trinajstić information content (AvgIpc) is 2.68. The number of hydrogen-bond acceptors (Lipinski definition) is 3. The maximum absolute atomic E-state index is 12.8. The summed E-state index contributed by atoms with van der Waals surface area (Å²) in [4.78, 5) is 26.5. The number of benzene rings is 2. The van der Waals surface area contributed by atoms with Crippen molar-refractivity contribution in [1.82, 2.24) is 10.2 Å². The summed E-state index contributed by atoms with van der Waals surface area (Å²) in [5.41, 5.74) is 1.98. The Bertz CT molecular complexity index is 787. The van der Waals surface area contributed by atoms with E-state index in [-0.39, 0.29) is 24.1 Å². The summed E-state index contributed by atoms with van der Waals surface area (Å²) in [5.74, 6) is 0.716. The van der Waals surface area contributed by atoms with Crippen molar-refractivity contribution in [2.45, 2.75) is 25.3 Å². The van der Waals surface area contributed by atoms with Crippen molar-refractivity contribution in [1.29, 1.82) is 0 Å². The van der Waals surface area contributed by atoms with Crippen LogP contribution >= 0.6 is 35.0 Å². The van der Waals surface area contributed by atoms with Gasteiger partial charge >= 0.3 is 0 Å². The fourth-order valence-electron chi connectivity index (χ4n) is 2.54. The molecule has 0 aliphatic rings. The Morgan fingerprint density at radius 1 is 1.07 bits per heavy atom. The van der Waals surface area contributed by atoms with Gasteiger partial charge in [-0.25, -0.2) is 0 Å². The maximum Gasteiger partial charge on any atom is 0.242 e. The SMILES string of the molecule is CNC(=O)[C@H](C)N(Cc1ccc(Cl)c(Cl)c1)C(=O)CSCc1ccccc1. The summed E-state index contributed by atoms with van der Waals surface area (Å²) in [6.45, 7) is 2.01. The Hall–Kier alpha value is -1.69. The fourth-order valence-corrected chi connectivity index (χ4v) is 3.73. The molecule has 2 rings (SSSR count). The van der Waals surface area contributed by atoms with Crippen LogP contribution in [0.25, 0.3) is 0 Å². The minimum atomic E-state index is -0.589. The molecule has 0 saturated heterocycles. The van der Waals surface area contributed by atoms with Crippen LogP contribution in [0.5, 0.6) is 0 Å². The van der Waals surface area contributed by atoms with E-state index in [0.717, 1.165) is 16.9 Å². The number of halogens is 2. The molecule has 0 saturated carbocycles. The van der Waals surface area contributed by atoms with Gasteiger partial charge in [0, 0.05) is 19.3 Å². The minimum Gasteiger partial charge on any atom is -0.357 e. The van der Waals surface area contributed by atoms with Crippen LogP contribution < -0.4 is 5.32 Å². The van der Waals surface area contributed by atoms with Crippen LogP contribution in [0.4, 0.5) is 0 Å². The predicted octanol–water partition coefficient (Wildman–Crippen LogP) is 4.39. The van der Waals surface area contributed by atoms with Gasteiger partial charge in [-0.05, 0) is 30.2 Å². The molecular formula is C20H22Cl2N2O2S. The molecular weight excluding hydrogens is 403 g/mol. The molecule has 1 N–H and O–H groups in total. The monoisotopic (exact) mass is 424 g/mol. The highest BCUT2D eigenvalue weighted by Gasteiger charge is 2.25. The van der Waals surface area contributed by atoms with Gasteiger partial charge in [-0.15, -0.1) is 11.8 Å². The Morgan fingerprint density at radius 2 is 1.78 bits per heavy atom. The van der Waals surface area contributed by atoms with E-state index in [9.17, 15) is 9.59 Å². The zero-order valence-corrected chi connectivity index (χ0v) is 17.6. The first-order valence-corrected chi connectivity index (χ1v) is 10.4. The van der Waals surface area contributed by atoms with Gasteiger partial charge in [-0.1, -0.05) is 59.6 Å². The number of rotatable bonds is 8. The van der Waals surface area contributed by atoms with Crippen molar-refractivity contribution >= 4 is 46.8 Å². The lowest BCUT2D eigenvalue weighted by Gasteiger charge is -2.28. The standard InChI is InChI=1S/C20H22Cl2N2O2S/c1-14(20(26)23-2)24(11-16-8-9-17(21)18(22)10-16)19(25)13-27-12-15-6-4-3-5-7-15/h3-10,14H,11-13H2,1-2H3,(H,23,26)/t14-/m0/s1. The number of likely N-dealkylation sites (N-methyl/N-ethyl adjacent to an activating group) is 1. The van der Waals surface area contributed by atoms with Crippen molar-refractivity contribution in [3.05, 3.63) is 69.7 Å². The van der Waals surface area contributed by atoms with Gasteiger partial charge in [0.05, 0.1) is 15.8 Å². The molecule has 0 heterocycles. The second-order valence-electron chi connectivity index (χ2n) is 6.04. The largest absolute Gasteiger partial charge is 0.357 e. The average molecular weight is 425 g/mol. The highest BCUT2D eigenvalue weighted by molar-refractivity contribution is 7.99. The molecule has 144 valence electrons. The van der Waals surface area contributed by atoms with Gasteiger partial charge in [0.25, 0.3) is 0 Å². The molecule has 0 bridgehead atoms. The van der Waals surface area contributed by atoms with Crippen molar-refractivity contribution in [3.8, 4) is 0 Å². The van der Waals surface area contributed by atoms with Crippen molar-refractivity contribution < 1.29 is 9.59 Å². The molecule has 7 heteroatoms. The van der Waals surface area contributed by atoms with E-state index in [0.29, 0.717) is 10.0 Å². The number of carbonyl (C=O) groups excluding carboxylic acids is 2.